The maximum atomic E-state index is 11.6. The van der Waals surface area contributed by atoms with Gasteiger partial charge in [0.1, 0.15) is 0 Å². The van der Waals surface area contributed by atoms with Crippen molar-refractivity contribution in [1.29, 1.82) is 0 Å². The molecule has 1 saturated carbocycles. The van der Waals surface area contributed by atoms with Gasteiger partial charge in [0.15, 0.2) is 5.79 Å². The van der Waals surface area contributed by atoms with Crippen LogP contribution in [0.25, 0.3) is 0 Å². The SMILES string of the molecule is CCC1(CC)CC2(CC(C)(C)C1OC(C)c1ccccc1)OC(C(=O)O)N(C(=O)O)O2. The van der Waals surface area contributed by atoms with Crippen LogP contribution in [0.1, 0.15) is 72.0 Å². The summed E-state index contributed by atoms with van der Waals surface area (Å²) < 4.78 is 12.5. The highest BCUT2D eigenvalue weighted by molar-refractivity contribution is 5.77. The van der Waals surface area contributed by atoms with Crippen molar-refractivity contribution in [2.45, 2.75) is 84.5 Å². The van der Waals surface area contributed by atoms with Gasteiger partial charge in [0.05, 0.1) is 12.2 Å². The van der Waals surface area contributed by atoms with E-state index < -0.39 is 29.5 Å². The average Bonchev–Trinajstić information content (AvgIpc) is 3.09. The van der Waals surface area contributed by atoms with Crippen molar-refractivity contribution >= 4 is 12.1 Å². The summed E-state index contributed by atoms with van der Waals surface area (Å²) >= 11 is 0. The first-order valence-corrected chi connectivity index (χ1v) is 10.8. The zero-order chi connectivity index (χ0) is 23.0. The molecule has 0 bridgehead atoms. The monoisotopic (exact) mass is 435 g/mol. The Balaban J connectivity index is 1.95. The molecule has 4 unspecified atom stereocenters. The van der Waals surface area contributed by atoms with Gasteiger partial charge in [-0.25, -0.2) is 14.4 Å². The summed E-state index contributed by atoms with van der Waals surface area (Å²) in [5.41, 5.74) is 0.226. The summed E-state index contributed by atoms with van der Waals surface area (Å²) in [5, 5.41) is 19.4. The molecule has 8 nitrogen and oxygen atoms in total. The number of nitrogens with zero attached hydrogens (tertiary/aromatic N) is 1. The molecule has 1 aliphatic heterocycles. The predicted octanol–water partition coefficient (Wildman–Crippen LogP) is 4.81. The van der Waals surface area contributed by atoms with Crippen molar-refractivity contribution in [3.05, 3.63) is 35.9 Å². The molecule has 4 atom stereocenters. The average molecular weight is 436 g/mol. The van der Waals surface area contributed by atoms with Gasteiger partial charge in [-0.2, -0.15) is 0 Å². The number of aliphatic carboxylic acids is 1. The second kappa shape index (κ2) is 8.41. The molecule has 1 aromatic rings. The maximum Gasteiger partial charge on any atom is 0.434 e. The summed E-state index contributed by atoms with van der Waals surface area (Å²) in [6.45, 7) is 10.3. The molecule has 2 N–H and O–H groups in total. The fraction of sp³-hybridized carbons (Fsp3) is 0.652. The van der Waals surface area contributed by atoms with Crippen LogP contribution in [0.2, 0.25) is 0 Å². The van der Waals surface area contributed by atoms with Crippen LogP contribution in [-0.2, 0) is 19.1 Å². The third-order valence-electron chi connectivity index (χ3n) is 6.83. The molecule has 0 aromatic heterocycles. The molecule has 172 valence electrons. The molecule has 1 aromatic carbocycles. The molecule has 31 heavy (non-hydrogen) atoms. The van der Waals surface area contributed by atoms with Crippen molar-refractivity contribution in [1.82, 2.24) is 5.06 Å². The number of hydrogen-bond donors (Lipinski definition) is 2. The van der Waals surface area contributed by atoms with Gasteiger partial charge in [0.25, 0.3) is 6.23 Å². The van der Waals surface area contributed by atoms with Crippen LogP contribution < -0.4 is 0 Å². The lowest BCUT2D eigenvalue weighted by Crippen LogP contribution is -2.59. The Hall–Kier alpha value is -2.16. The second-order valence-corrected chi connectivity index (χ2v) is 9.40. The predicted molar refractivity (Wildman–Crippen MR) is 112 cm³/mol. The van der Waals surface area contributed by atoms with E-state index in [1.54, 1.807) is 0 Å². The fourth-order valence-corrected chi connectivity index (χ4v) is 5.45. The van der Waals surface area contributed by atoms with Crippen LogP contribution in [0, 0.1) is 10.8 Å². The Labute approximate surface area is 183 Å². The Morgan fingerprint density at radius 1 is 1.16 bits per heavy atom. The van der Waals surface area contributed by atoms with Crippen molar-refractivity contribution < 1.29 is 34.1 Å². The quantitative estimate of drug-likeness (QED) is 0.661. The minimum Gasteiger partial charge on any atom is -0.478 e. The maximum absolute atomic E-state index is 11.6. The third-order valence-corrected chi connectivity index (χ3v) is 6.83. The van der Waals surface area contributed by atoms with Gasteiger partial charge in [0, 0.05) is 18.3 Å². The molecule has 1 amide bonds. The van der Waals surface area contributed by atoms with Gasteiger partial charge in [0.2, 0.25) is 0 Å². The normalized spacial score (nSPS) is 30.3. The van der Waals surface area contributed by atoms with Gasteiger partial charge < -0.3 is 19.7 Å². The van der Waals surface area contributed by atoms with Crippen molar-refractivity contribution in [2.24, 2.45) is 10.8 Å². The van der Waals surface area contributed by atoms with Crippen LogP contribution >= 0.6 is 0 Å². The number of carboxylic acid groups (broad SMARTS) is 2. The van der Waals surface area contributed by atoms with Crippen molar-refractivity contribution in [3.8, 4) is 0 Å². The molecule has 2 aliphatic rings. The number of amides is 1. The molecule has 0 radical (unpaired) electrons. The van der Waals surface area contributed by atoms with Gasteiger partial charge >= 0.3 is 12.1 Å². The topological polar surface area (TPSA) is 106 Å². The van der Waals surface area contributed by atoms with Gasteiger partial charge in [-0.05, 0) is 30.7 Å². The van der Waals surface area contributed by atoms with E-state index in [2.05, 4.69) is 13.8 Å². The number of ether oxygens (including phenoxy) is 2. The van der Waals surface area contributed by atoms with Gasteiger partial charge in [-0.1, -0.05) is 58.0 Å². The molecular formula is C23H33NO7. The summed E-state index contributed by atoms with van der Waals surface area (Å²) in [7, 11) is 0. The van der Waals surface area contributed by atoms with E-state index in [1.165, 1.54) is 0 Å². The summed E-state index contributed by atoms with van der Waals surface area (Å²) in [4.78, 5) is 29.0. The first-order valence-electron chi connectivity index (χ1n) is 10.8. The Morgan fingerprint density at radius 2 is 1.77 bits per heavy atom. The third kappa shape index (κ3) is 4.29. The highest BCUT2D eigenvalue weighted by Gasteiger charge is 2.64. The smallest absolute Gasteiger partial charge is 0.434 e. The Bertz CT molecular complexity index is 783. The van der Waals surface area contributed by atoms with E-state index in [0.717, 1.165) is 18.4 Å². The lowest BCUT2D eigenvalue weighted by Gasteiger charge is -2.56. The van der Waals surface area contributed by atoms with E-state index in [4.69, 9.17) is 14.3 Å². The molecular weight excluding hydrogens is 402 g/mol. The molecule has 1 spiro atoms. The van der Waals surface area contributed by atoms with E-state index in [0.29, 0.717) is 17.9 Å². The highest BCUT2D eigenvalue weighted by atomic mass is 16.9. The first-order chi connectivity index (χ1) is 14.5. The van der Waals surface area contributed by atoms with Crippen LogP contribution in [-0.4, -0.2) is 45.5 Å². The fourth-order valence-electron chi connectivity index (χ4n) is 5.45. The molecule has 3 rings (SSSR count). The largest absolute Gasteiger partial charge is 0.478 e. The van der Waals surface area contributed by atoms with Crippen LogP contribution in [0.3, 0.4) is 0 Å². The summed E-state index contributed by atoms with van der Waals surface area (Å²) in [5.74, 6) is -2.74. The number of carboxylic acids is 1. The molecule has 1 saturated heterocycles. The lowest BCUT2D eigenvalue weighted by atomic mass is 9.56. The second-order valence-electron chi connectivity index (χ2n) is 9.40. The minimum atomic E-state index is -1.69. The number of benzene rings is 1. The minimum absolute atomic E-state index is 0.135. The molecule has 1 heterocycles. The highest BCUT2D eigenvalue weighted by Crippen LogP contribution is 2.59. The molecule has 1 aliphatic carbocycles. The van der Waals surface area contributed by atoms with E-state index >= 15 is 0 Å². The zero-order valence-electron chi connectivity index (χ0n) is 18.8. The van der Waals surface area contributed by atoms with Crippen LogP contribution in [0.5, 0.6) is 0 Å². The molecule has 8 heteroatoms. The van der Waals surface area contributed by atoms with Crippen LogP contribution in [0.15, 0.2) is 30.3 Å². The van der Waals surface area contributed by atoms with E-state index in [9.17, 15) is 19.8 Å². The molecule has 2 fully saturated rings. The van der Waals surface area contributed by atoms with Crippen LogP contribution in [0.4, 0.5) is 4.79 Å². The zero-order valence-corrected chi connectivity index (χ0v) is 18.8. The first kappa shape index (κ1) is 23.5. The van der Waals surface area contributed by atoms with Crippen molar-refractivity contribution in [2.75, 3.05) is 0 Å². The summed E-state index contributed by atoms with van der Waals surface area (Å²) in [6, 6.07) is 10.0. The number of hydrogen-bond acceptors (Lipinski definition) is 5. The Morgan fingerprint density at radius 3 is 2.26 bits per heavy atom. The number of hydroxylamine groups is 2. The van der Waals surface area contributed by atoms with E-state index in [1.807, 2.05) is 51.1 Å². The Kier molecular flexibility index (Phi) is 6.37. The van der Waals surface area contributed by atoms with E-state index in [-0.39, 0.29) is 17.6 Å². The standard InChI is InChI=1S/C23H33NO7/c1-6-22(7-2)14-23(30-17(18(25)26)24(31-23)20(27)28)13-21(4,5)19(22)29-15(3)16-11-9-8-10-12-16/h8-12,15,17,19H,6-7,13-14H2,1-5H3,(H,25,26)(H,27,28). The summed E-state index contributed by atoms with van der Waals surface area (Å²) in [6.07, 6.45) is -1.33. The van der Waals surface area contributed by atoms with Crippen molar-refractivity contribution in [3.63, 3.8) is 0 Å². The van der Waals surface area contributed by atoms with Gasteiger partial charge in [-0.3, -0.25) is 0 Å². The number of carbonyl (C=O) groups is 2. The number of rotatable bonds is 6. The lowest BCUT2D eigenvalue weighted by molar-refractivity contribution is -0.302. The van der Waals surface area contributed by atoms with Gasteiger partial charge in [-0.15, -0.1) is 5.06 Å².